The Morgan fingerprint density at radius 3 is 1.88 bits per heavy atom. The van der Waals surface area contributed by atoms with Gasteiger partial charge in [-0.2, -0.15) is 33.4 Å². The predicted octanol–water partition coefficient (Wildman–Crippen LogP) is 5.20. The van der Waals surface area contributed by atoms with Crippen molar-refractivity contribution in [1.29, 1.82) is 0 Å². The van der Waals surface area contributed by atoms with Gasteiger partial charge in [0, 0.05) is 12.4 Å². The van der Waals surface area contributed by atoms with Crippen molar-refractivity contribution in [3.8, 4) is 0 Å². The van der Waals surface area contributed by atoms with Gasteiger partial charge in [-0.05, 0) is 18.2 Å². The highest BCUT2D eigenvalue weighted by Crippen LogP contribution is 2.38. The molecule has 0 aliphatic rings. The molecule has 0 saturated carbocycles. The minimum Gasteiger partial charge on any atom is -0.659 e. The van der Waals surface area contributed by atoms with Crippen LogP contribution >= 0.6 is 0 Å². The summed E-state index contributed by atoms with van der Waals surface area (Å²) in [5.41, 5.74) is -2.75. The maximum Gasteiger partial charge on any atom is 0.416 e. The summed E-state index contributed by atoms with van der Waals surface area (Å²) in [5.74, 6) is 0. The van der Waals surface area contributed by atoms with E-state index in [1.165, 1.54) is 32.7 Å². The van der Waals surface area contributed by atoms with Gasteiger partial charge in [0.15, 0.2) is 0 Å². The summed E-state index contributed by atoms with van der Waals surface area (Å²) in [6.45, 7) is 1.43. The number of carbonyl (C=O) groups is 1. The second-order valence-electron chi connectivity index (χ2n) is 5.03. The molecule has 0 fully saturated rings. The first-order valence-corrected chi connectivity index (χ1v) is 6.95. The fourth-order valence-electron chi connectivity index (χ4n) is 1.74. The van der Waals surface area contributed by atoms with Crippen molar-refractivity contribution >= 4 is 6.09 Å². The Balaban J connectivity index is 0.000000350. The lowest BCUT2D eigenvalue weighted by atomic mass is 10.0. The first-order valence-electron chi connectivity index (χ1n) is 6.95. The summed E-state index contributed by atoms with van der Waals surface area (Å²) in [6.07, 6.45) is -6.64. The zero-order chi connectivity index (χ0) is 20.1. The minimum absolute atomic E-state index is 0.103. The second-order valence-corrected chi connectivity index (χ2v) is 5.03. The summed E-state index contributed by atoms with van der Waals surface area (Å²) in [4.78, 5) is 13.5. The van der Waals surface area contributed by atoms with Crippen LogP contribution in [-0.2, 0) is 12.4 Å². The first kappa shape index (κ1) is 21.5. The lowest BCUT2D eigenvalue weighted by molar-refractivity contribution is -0.143. The molecule has 1 atom stereocenters. The number of imidazole rings is 1. The third kappa shape index (κ3) is 6.06. The summed E-state index contributed by atoms with van der Waals surface area (Å²) in [5, 5.41) is 11.9. The Morgan fingerprint density at radius 1 is 1.12 bits per heavy atom. The van der Waals surface area contributed by atoms with Gasteiger partial charge < -0.3 is 10.4 Å². The van der Waals surface area contributed by atoms with Crippen LogP contribution in [0.2, 0.25) is 0 Å². The average molecular weight is 382 g/mol. The zero-order valence-electron chi connectivity index (χ0n) is 13.5. The van der Waals surface area contributed by atoms with Crippen molar-refractivity contribution in [3.63, 3.8) is 0 Å². The number of halogens is 6. The highest BCUT2D eigenvalue weighted by atomic mass is 19.4. The van der Waals surface area contributed by atoms with E-state index >= 15 is 0 Å². The molecular weight excluding hydrogens is 368 g/mol. The van der Waals surface area contributed by atoms with Gasteiger partial charge in [0.05, 0.1) is 11.1 Å². The van der Waals surface area contributed by atoms with Gasteiger partial charge in [-0.25, -0.2) is 14.3 Å². The van der Waals surface area contributed by atoms with E-state index in [-0.39, 0.29) is 11.6 Å². The van der Waals surface area contributed by atoms with Crippen molar-refractivity contribution in [2.45, 2.75) is 25.3 Å². The van der Waals surface area contributed by atoms with E-state index in [1.807, 2.05) is 0 Å². The van der Waals surface area contributed by atoms with E-state index < -0.39 is 35.6 Å². The summed E-state index contributed by atoms with van der Waals surface area (Å²) >= 11 is 0. The van der Waals surface area contributed by atoms with Crippen LogP contribution in [0.25, 0.3) is 5.32 Å². The molecule has 1 N–H and O–H groups in total. The van der Waals surface area contributed by atoms with E-state index in [0.29, 0.717) is 12.1 Å². The number of aromatic nitrogens is 2. The van der Waals surface area contributed by atoms with Gasteiger partial charge in [0.2, 0.25) is 0 Å². The molecule has 0 spiro atoms. The highest BCUT2D eigenvalue weighted by Gasteiger charge is 2.36. The predicted molar refractivity (Wildman–Crippen MR) is 79.8 cm³/mol. The van der Waals surface area contributed by atoms with E-state index in [1.54, 1.807) is 0 Å². The van der Waals surface area contributed by atoms with Gasteiger partial charge in [-0.15, -0.1) is 6.04 Å². The van der Waals surface area contributed by atoms with Crippen LogP contribution in [0.1, 0.15) is 29.7 Å². The molecule has 2 aromatic rings. The van der Waals surface area contributed by atoms with Crippen molar-refractivity contribution in [2.75, 3.05) is 7.05 Å². The third-order valence-electron chi connectivity index (χ3n) is 3.20. The molecule has 0 bridgehead atoms. The molecule has 26 heavy (non-hydrogen) atoms. The molecule has 0 aliphatic heterocycles. The maximum absolute atomic E-state index is 12.5. The highest BCUT2D eigenvalue weighted by molar-refractivity contribution is 5.67. The van der Waals surface area contributed by atoms with Crippen molar-refractivity contribution in [2.24, 2.45) is 0 Å². The normalized spacial score (nSPS) is 12.9. The lowest BCUT2D eigenvalue weighted by Crippen LogP contribution is -2.12. The molecule has 0 unspecified atom stereocenters. The third-order valence-corrected chi connectivity index (χ3v) is 3.20. The number of nitrogens with zero attached hydrogens (tertiary/aromatic N) is 3. The Labute approximate surface area is 144 Å². The van der Waals surface area contributed by atoms with Crippen LogP contribution in [0.5, 0.6) is 0 Å². The fourth-order valence-corrected chi connectivity index (χ4v) is 1.74. The summed E-state index contributed by atoms with van der Waals surface area (Å²) in [6, 6.07) is 0.750. The molecular formula is C15H14F6N3O2-. The van der Waals surface area contributed by atoms with Gasteiger partial charge in [-0.3, -0.25) is 0 Å². The SMILES string of the molecule is C[N-][C@@H](C)c1cc(C(F)(F)F)cc(C(F)(F)F)c1.O=C(O)n1ccnc1. The lowest BCUT2D eigenvalue weighted by Gasteiger charge is -2.25. The fraction of sp³-hybridized carbons (Fsp3) is 0.333. The minimum atomic E-state index is -4.82. The quantitative estimate of drug-likeness (QED) is 0.726. The first-order chi connectivity index (χ1) is 11.9. The monoisotopic (exact) mass is 382 g/mol. The topological polar surface area (TPSA) is 69.2 Å². The van der Waals surface area contributed by atoms with E-state index in [4.69, 9.17) is 5.11 Å². The molecule has 0 amide bonds. The van der Waals surface area contributed by atoms with Gasteiger partial charge in [-0.1, -0.05) is 12.5 Å². The van der Waals surface area contributed by atoms with E-state index in [2.05, 4.69) is 10.3 Å². The Morgan fingerprint density at radius 2 is 1.62 bits per heavy atom. The number of alkyl halides is 6. The molecule has 1 aromatic heterocycles. The molecule has 1 aromatic carbocycles. The number of carboxylic acid groups (broad SMARTS) is 1. The van der Waals surface area contributed by atoms with Gasteiger partial charge in [0.25, 0.3) is 0 Å². The van der Waals surface area contributed by atoms with Crippen LogP contribution in [0.3, 0.4) is 0 Å². The molecule has 144 valence electrons. The molecule has 11 heteroatoms. The Kier molecular flexibility index (Phi) is 6.79. The largest absolute Gasteiger partial charge is 0.659 e. The summed E-state index contributed by atoms with van der Waals surface area (Å²) < 4.78 is 76.0. The van der Waals surface area contributed by atoms with E-state index in [0.717, 1.165) is 4.57 Å². The van der Waals surface area contributed by atoms with Crippen LogP contribution in [0.4, 0.5) is 31.1 Å². The Hall–Kier alpha value is -2.56. The van der Waals surface area contributed by atoms with E-state index in [9.17, 15) is 31.1 Å². The molecule has 1 heterocycles. The Bertz CT molecular complexity index is 694. The van der Waals surface area contributed by atoms with Crippen LogP contribution < -0.4 is 0 Å². The molecule has 2 rings (SSSR count). The summed E-state index contributed by atoms with van der Waals surface area (Å²) in [7, 11) is 1.33. The van der Waals surface area contributed by atoms with Crippen LogP contribution in [0, 0.1) is 0 Å². The standard InChI is InChI=1S/C11H10F6N.C4H4N2O2/c1-6(18-2)7-3-8(10(12,13)14)5-9(4-7)11(15,16)17;7-4(8)6-2-1-5-3-6/h3-6H,1-2H3;1-3H,(H,7,8)/q-1;/t6-;/m0./s1. The maximum atomic E-state index is 12.5. The smallest absolute Gasteiger partial charge is 0.416 e. The average Bonchev–Trinajstić information content (AvgIpc) is 3.07. The van der Waals surface area contributed by atoms with Crippen molar-refractivity contribution in [3.05, 3.63) is 58.9 Å². The number of hydrogen-bond acceptors (Lipinski definition) is 2. The van der Waals surface area contributed by atoms with Crippen LogP contribution in [0.15, 0.2) is 36.9 Å². The molecule has 0 saturated heterocycles. The van der Waals surface area contributed by atoms with Gasteiger partial charge in [0.1, 0.15) is 6.33 Å². The van der Waals surface area contributed by atoms with Crippen LogP contribution in [-0.4, -0.2) is 27.8 Å². The molecule has 0 aliphatic carbocycles. The number of hydrogen-bond donors (Lipinski definition) is 1. The van der Waals surface area contributed by atoms with Gasteiger partial charge >= 0.3 is 18.4 Å². The second kappa shape index (κ2) is 8.21. The number of rotatable bonds is 2. The number of benzene rings is 1. The molecule has 5 nitrogen and oxygen atoms in total. The van der Waals surface area contributed by atoms with Crippen molar-refractivity contribution < 1.29 is 36.2 Å². The molecule has 0 radical (unpaired) electrons. The zero-order valence-corrected chi connectivity index (χ0v) is 13.5. The van der Waals surface area contributed by atoms with Crippen molar-refractivity contribution in [1.82, 2.24) is 9.55 Å².